The van der Waals surface area contributed by atoms with Gasteiger partial charge in [0.25, 0.3) is 6.33 Å². The third-order valence-electron chi connectivity index (χ3n) is 16.3. The highest BCUT2D eigenvalue weighted by Crippen LogP contribution is 2.46. The van der Waals surface area contributed by atoms with Crippen molar-refractivity contribution in [3.63, 3.8) is 0 Å². The number of imidazole rings is 1. The van der Waals surface area contributed by atoms with Gasteiger partial charge in [-0.25, -0.2) is 4.98 Å². The highest BCUT2D eigenvalue weighted by atomic mass is 28.3. The Morgan fingerprint density at radius 2 is 1.08 bits per heavy atom. The molecule has 0 saturated carbocycles. The Morgan fingerprint density at radius 1 is 0.465 bits per heavy atom. The molecule has 4 heterocycles. The van der Waals surface area contributed by atoms with Gasteiger partial charge in [0.1, 0.15) is 17.3 Å². The fraction of sp³-hybridized carbons (Fsp3) is 0.100. The molecule has 0 N–H and O–H groups in total. The number of ether oxygens (including phenoxy) is 1. The number of aromatic nitrogens is 4. The van der Waals surface area contributed by atoms with E-state index in [9.17, 15) is 20.6 Å². The Kier molecular flexibility index (Phi) is 8.74. The van der Waals surface area contributed by atoms with Crippen molar-refractivity contribution in [2.75, 3.05) is 0 Å². The first-order valence-corrected chi connectivity index (χ1v) is 30.4. The highest BCUT2D eigenvalue weighted by Gasteiger charge is 2.41. The van der Waals surface area contributed by atoms with Crippen LogP contribution in [0.5, 0.6) is 11.5 Å². The Hall–Kier alpha value is -10.1. The molecule has 14 aromatic rings. The van der Waals surface area contributed by atoms with Gasteiger partial charge in [-0.05, 0) is 142 Å². The summed E-state index contributed by atoms with van der Waals surface area (Å²) in [6, 6.07) is 34.9. The molecule has 1 aliphatic heterocycles. The van der Waals surface area contributed by atoms with Gasteiger partial charge in [-0.1, -0.05) is 253 Å². The summed E-state index contributed by atoms with van der Waals surface area (Å²) in [6.07, 6.45) is 5.63. The molecule has 0 bridgehead atoms. The van der Waals surface area contributed by atoms with E-state index in [1.54, 1.807) is 12.1 Å². The van der Waals surface area contributed by atoms with Crippen molar-refractivity contribution in [1.29, 1.82) is 0 Å². The Balaban J connectivity index is 1.07. The molecule has 0 atom stereocenters. The van der Waals surface area contributed by atoms with E-state index in [1.807, 2.05) is 125 Å². The number of hydrogen-bond donors (Lipinski definition) is 0. The first-order chi connectivity index (χ1) is 49.4. The average Bonchev–Trinajstić information content (AvgIpc) is 0.884. The van der Waals surface area contributed by atoms with Crippen molar-refractivity contribution in [1.82, 2.24) is 14.1 Å². The lowest BCUT2D eigenvalue weighted by Crippen LogP contribution is -2.74. The summed E-state index contributed by atoms with van der Waals surface area (Å²) in [5.41, 5.74) is 9.57. The van der Waals surface area contributed by atoms with Gasteiger partial charge in [0.05, 0.1) is 58.1 Å². The number of fused-ring (bicyclic) bond motifs is 10. The fourth-order valence-corrected chi connectivity index (χ4v) is 15.9. The number of nitrogens with zero attached hydrogens (tertiary/aromatic N) is 4. The van der Waals surface area contributed by atoms with Crippen LogP contribution in [0.15, 0.2) is 279 Å². The molecular formula is C80H64N4OSi. The van der Waals surface area contributed by atoms with E-state index in [-0.39, 0.29) is 11.0 Å². The van der Waals surface area contributed by atoms with Crippen LogP contribution in [0.4, 0.5) is 0 Å². The lowest BCUT2D eigenvalue weighted by atomic mass is 9.82. The second-order valence-corrected chi connectivity index (χ2v) is 27.0. The van der Waals surface area contributed by atoms with E-state index in [0.29, 0.717) is 39.3 Å². The van der Waals surface area contributed by atoms with Gasteiger partial charge in [-0.3, -0.25) is 13.7 Å². The number of rotatable bonds is 9. The zero-order valence-corrected chi connectivity index (χ0v) is 48.9. The summed E-state index contributed by atoms with van der Waals surface area (Å²) in [4.78, 5) is 4.90. The number of hydrogen-bond acceptors (Lipinski definition) is 2. The SMILES string of the molecule is [2H]c1cc([2H])c([Si](c2c([2H])c([2H])c([2H])c([2H])c2[2H])(c2c([2H])c([2H])c([2H])c([2H])c2[2H])c2c([2H])c([2H])c([2H])c(-c3cc4c5c(c3)n(-c3cccc(Oc6ccc7c8ccccc8n(-c8cc(C(C)(C)C)ccn8)c7c6)c3)[c-][n+]5-c3c(cccc3C(C)(C)C)-c3ccccc3-c3ccccc3-4)c2[2H])c([2H])c1[2H]. The number of pyridine rings is 1. The normalized spacial score (nSPS) is 15.2. The number of benzene rings is 11. The molecule has 1 aliphatic rings. The van der Waals surface area contributed by atoms with Crippen LogP contribution < -0.4 is 30.1 Å². The molecule has 0 radical (unpaired) electrons. The van der Waals surface area contributed by atoms with Gasteiger partial charge in [-0.15, -0.1) is 0 Å². The first kappa shape index (κ1) is 36.5. The molecule has 3 aromatic heterocycles. The molecular weight excluding hydrogens is 1060 g/mol. The second-order valence-electron chi connectivity index (χ2n) is 23.5. The highest BCUT2D eigenvalue weighted by molar-refractivity contribution is 7.19. The molecule has 0 aliphatic carbocycles. The smallest absolute Gasteiger partial charge is 0.269 e. The van der Waals surface area contributed by atoms with Crippen molar-refractivity contribution in [3.8, 4) is 73.2 Å². The maximum atomic E-state index is 11.0. The standard InChI is InChI=1S/C80H64N4OSi/c1-79(2,3)56-45-46-81-76(50-56)84-73-42-21-20-39-68(73)69-44-43-59(52-74(69)84)85-58-27-23-26-57(51-58)82-53-83-77-70(40-24-41-72(77)80(4,5)6)66-37-18-16-35-64(66)65-36-17-19-38-67(65)71-48-55(49-75(82)78(71)83)54-25-22-34-63(47-54)86(60-28-10-7-11-29-60,61-30-12-8-13-31-61)62-32-14-9-15-33-62/h7-52H,1-6H3/i7D,8D,9D,10D,11D,12D,13D,14D,22D,25D,28D,29D,30D,31D,32D,33D,34D,47D. The van der Waals surface area contributed by atoms with Gasteiger partial charge in [-0.2, -0.15) is 0 Å². The van der Waals surface area contributed by atoms with Gasteiger partial charge < -0.3 is 4.74 Å². The minimum absolute atomic E-state index is 0.0346. The Labute approximate surface area is 529 Å². The van der Waals surface area contributed by atoms with Crippen molar-refractivity contribution >= 4 is 61.7 Å². The topological polar surface area (TPSA) is 35.9 Å². The minimum atomic E-state index is -6.09. The monoisotopic (exact) mass is 1140 g/mol. The molecule has 414 valence electrons. The molecule has 6 heteroatoms. The summed E-state index contributed by atoms with van der Waals surface area (Å²) < 4.78 is 186. The van der Waals surface area contributed by atoms with Crippen LogP contribution >= 0.6 is 0 Å². The lowest BCUT2D eigenvalue weighted by molar-refractivity contribution is -0.572. The van der Waals surface area contributed by atoms with Crippen LogP contribution in [-0.2, 0) is 10.8 Å². The van der Waals surface area contributed by atoms with Crippen molar-refractivity contribution < 1.29 is 34.0 Å². The summed E-state index contributed by atoms with van der Waals surface area (Å²) >= 11 is 0. The Bertz CT molecular complexity index is 5950. The maximum Gasteiger partial charge on any atom is 0.269 e. The minimum Gasteiger partial charge on any atom is -0.458 e. The molecule has 0 fully saturated rings. The molecule has 0 amide bonds. The molecule has 5 nitrogen and oxygen atoms in total. The Morgan fingerprint density at radius 3 is 1.80 bits per heavy atom. The van der Waals surface area contributed by atoms with Crippen LogP contribution in [0, 0.1) is 6.33 Å². The van der Waals surface area contributed by atoms with E-state index in [2.05, 4.69) is 88.8 Å². The van der Waals surface area contributed by atoms with E-state index in [0.717, 1.165) is 72.8 Å². The molecule has 15 rings (SSSR count). The zero-order valence-electron chi connectivity index (χ0n) is 65.9. The van der Waals surface area contributed by atoms with Crippen LogP contribution in [0.2, 0.25) is 0 Å². The largest absolute Gasteiger partial charge is 0.458 e. The second kappa shape index (κ2) is 20.6. The molecule has 0 spiro atoms. The van der Waals surface area contributed by atoms with E-state index >= 15 is 0 Å². The zero-order chi connectivity index (χ0) is 74.0. The molecule has 0 saturated heterocycles. The summed E-state index contributed by atoms with van der Waals surface area (Å²) in [5.74, 6) is 1.67. The third kappa shape index (κ3) is 8.73. The number of para-hydroxylation sites is 2. The van der Waals surface area contributed by atoms with Crippen LogP contribution in [0.3, 0.4) is 0 Å². The van der Waals surface area contributed by atoms with Crippen molar-refractivity contribution in [2.45, 2.75) is 52.4 Å². The van der Waals surface area contributed by atoms with Gasteiger partial charge in [0.2, 0.25) is 0 Å². The third-order valence-corrected chi connectivity index (χ3v) is 20.3. The van der Waals surface area contributed by atoms with Gasteiger partial charge in [0, 0.05) is 23.0 Å². The average molecular weight is 1140 g/mol. The van der Waals surface area contributed by atoms with E-state index in [4.69, 9.17) is 13.8 Å². The van der Waals surface area contributed by atoms with Crippen molar-refractivity contribution in [2.24, 2.45) is 0 Å². The summed E-state index contributed by atoms with van der Waals surface area (Å²) in [6.45, 7) is 12.9. The van der Waals surface area contributed by atoms with E-state index in [1.165, 1.54) is 0 Å². The van der Waals surface area contributed by atoms with Crippen LogP contribution in [-0.4, -0.2) is 22.2 Å². The lowest BCUT2D eigenvalue weighted by Gasteiger charge is -2.34. The van der Waals surface area contributed by atoms with Gasteiger partial charge >= 0.3 is 0 Å². The summed E-state index contributed by atoms with van der Waals surface area (Å²) in [7, 11) is -6.09. The predicted molar refractivity (Wildman–Crippen MR) is 359 cm³/mol. The fourth-order valence-electron chi connectivity index (χ4n) is 12.3. The van der Waals surface area contributed by atoms with Crippen LogP contribution in [0.25, 0.3) is 94.5 Å². The predicted octanol–water partition coefficient (Wildman–Crippen LogP) is 16.9. The van der Waals surface area contributed by atoms with E-state index < -0.39 is 149 Å². The first-order valence-electron chi connectivity index (χ1n) is 37.4. The molecule has 11 aromatic carbocycles. The molecule has 86 heavy (non-hydrogen) atoms. The van der Waals surface area contributed by atoms with Crippen LogP contribution in [0.1, 0.15) is 77.3 Å². The molecule has 0 unspecified atom stereocenters. The van der Waals surface area contributed by atoms with Crippen molar-refractivity contribution in [3.05, 3.63) is 296 Å². The van der Waals surface area contributed by atoms with Gasteiger partial charge in [0.15, 0.2) is 8.07 Å². The summed E-state index contributed by atoms with van der Waals surface area (Å²) in [5, 5.41) is -1.28. The maximum absolute atomic E-state index is 11.0. The quantitative estimate of drug-likeness (QED) is 0.0625.